The van der Waals surface area contributed by atoms with Crippen LogP contribution in [0.2, 0.25) is 0 Å². The van der Waals surface area contributed by atoms with Gasteiger partial charge in [-0.3, -0.25) is 0 Å². The summed E-state index contributed by atoms with van der Waals surface area (Å²) in [6.45, 7) is 0.254. The van der Waals surface area contributed by atoms with Gasteiger partial charge in [0.25, 0.3) is 0 Å². The topological polar surface area (TPSA) is 66.4 Å². The van der Waals surface area contributed by atoms with Gasteiger partial charge in [-0.2, -0.15) is 0 Å². The fraction of sp³-hybridized carbons (Fsp3) is 0.400. The summed E-state index contributed by atoms with van der Waals surface area (Å²) in [5, 5.41) is 12.2. The standard InChI is InChI=1S/C10H14BrNO3S/c1-12-6-8(13)7-16(14,15)10-5-3-2-4-9(10)11/h2-5,8,12-13H,6-7H2,1H3. The van der Waals surface area contributed by atoms with Crippen molar-refractivity contribution in [3.8, 4) is 0 Å². The fourth-order valence-electron chi connectivity index (χ4n) is 1.33. The van der Waals surface area contributed by atoms with Crippen molar-refractivity contribution in [2.75, 3.05) is 19.3 Å². The molecule has 0 aliphatic heterocycles. The summed E-state index contributed by atoms with van der Waals surface area (Å²) in [7, 11) is -1.79. The Bertz CT molecular complexity index is 447. The first-order valence-electron chi connectivity index (χ1n) is 4.77. The number of benzene rings is 1. The van der Waals surface area contributed by atoms with E-state index in [2.05, 4.69) is 21.2 Å². The number of hydrogen-bond donors (Lipinski definition) is 2. The zero-order chi connectivity index (χ0) is 12.2. The minimum absolute atomic E-state index is 0.213. The summed E-state index contributed by atoms with van der Waals surface area (Å²) in [4.78, 5) is 0.213. The van der Waals surface area contributed by atoms with Gasteiger partial charge in [-0.15, -0.1) is 0 Å². The molecule has 1 aromatic rings. The van der Waals surface area contributed by atoms with Crippen LogP contribution in [0.5, 0.6) is 0 Å². The van der Waals surface area contributed by atoms with Gasteiger partial charge in [0.15, 0.2) is 9.84 Å². The van der Waals surface area contributed by atoms with Gasteiger partial charge in [0.05, 0.1) is 16.8 Å². The van der Waals surface area contributed by atoms with Crippen LogP contribution in [0.4, 0.5) is 0 Å². The molecule has 6 heteroatoms. The molecule has 1 aromatic carbocycles. The predicted octanol–water partition coefficient (Wildman–Crippen LogP) is 0.803. The number of hydrogen-bond acceptors (Lipinski definition) is 4. The molecule has 16 heavy (non-hydrogen) atoms. The highest BCUT2D eigenvalue weighted by Crippen LogP contribution is 2.22. The first-order valence-corrected chi connectivity index (χ1v) is 7.22. The molecule has 1 unspecified atom stereocenters. The second-order valence-corrected chi connectivity index (χ2v) is 6.28. The summed E-state index contributed by atoms with van der Waals surface area (Å²) in [5.74, 6) is -0.281. The van der Waals surface area contributed by atoms with Gasteiger partial charge in [0.2, 0.25) is 0 Å². The molecule has 0 fully saturated rings. The Labute approximate surface area is 104 Å². The van der Waals surface area contributed by atoms with Crippen molar-refractivity contribution in [3.05, 3.63) is 28.7 Å². The molecule has 0 saturated carbocycles. The van der Waals surface area contributed by atoms with Gasteiger partial charge >= 0.3 is 0 Å². The molecule has 0 spiro atoms. The van der Waals surface area contributed by atoms with Crippen LogP contribution in [0.3, 0.4) is 0 Å². The van der Waals surface area contributed by atoms with Gasteiger partial charge in [-0.1, -0.05) is 12.1 Å². The lowest BCUT2D eigenvalue weighted by Gasteiger charge is -2.11. The molecule has 0 bridgehead atoms. The molecule has 0 radical (unpaired) electrons. The van der Waals surface area contributed by atoms with Gasteiger partial charge in [-0.25, -0.2) is 8.42 Å². The monoisotopic (exact) mass is 307 g/mol. The van der Waals surface area contributed by atoms with Crippen LogP contribution < -0.4 is 5.32 Å². The smallest absolute Gasteiger partial charge is 0.182 e. The van der Waals surface area contributed by atoms with Crippen molar-refractivity contribution >= 4 is 25.8 Å². The molecule has 0 aromatic heterocycles. The number of aliphatic hydroxyl groups excluding tert-OH is 1. The van der Waals surface area contributed by atoms with Crippen LogP contribution >= 0.6 is 15.9 Å². The molecular weight excluding hydrogens is 294 g/mol. The highest BCUT2D eigenvalue weighted by atomic mass is 79.9. The number of likely N-dealkylation sites (N-methyl/N-ethyl adjacent to an activating group) is 1. The Balaban J connectivity index is 2.91. The Kier molecular flexibility index (Phi) is 4.91. The van der Waals surface area contributed by atoms with Gasteiger partial charge in [0, 0.05) is 11.0 Å². The SMILES string of the molecule is CNCC(O)CS(=O)(=O)c1ccccc1Br. The van der Waals surface area contributed by atoms with E-state index >= 15 is 0 Å². The maximum Gasteiger partial charge on any atom is 0.182 e. The summed E-state index contributed by atoms with van der Waals surface area (Å²) >= 11 is 3.18. The number of halogens is 1. The third kappa shape index (κ3) is 3.55. The van der Waals surface area contributed by atoms with E-state index in [-0.39, 0.29) is 17.2 Å². The average Bonchev–Trinajstić information content (AvgIpc) is 2.17. The average molecular weight is 308 g/mol. The summed E-state index contributed by atoms with van der Waals surface area (Å²) in [5.41, 5.74) is 0. The zero-order valence-corrected chi connectivity index (χ0v) is 11.3. The van der Waals surface area contributed by atoms with Crippen molar-refractivity contribution in [2.45, 2.75) is 11.0 Å². The van der Waals surface area contributed by atoms with Crippen molar-refractivity contribution in [3.63, 3.8) is 0 Å². The third-order valence-corrected chi connectivity index (χ3v) is 4.83. The van der Waals surface area contributed by atoms with Crippen molar-refractivity contribution in [1.82, 2.24) is 5.32 Å². The lowest BCUT2D eigenvalue weighted by Crippen LogP contribution is -2.30. The number of rotatable bonds is 5. The fourth-order valence-corrected chi connectivity index (χ4v) is 3.81. The van der Waals surface area contributed by atoms with E-state index in [4.69, 9.17) is 0 Å². The predicted molar refractivity (Wildman–Crippen MR) is 66.1 cm³/mol. The van der Waals surface area contributed by atoms with E-state index < -0.39 is 15.9 Å². The highest BCUT2D eigenvalue weighted by molar-refractivity contribution is 9.10. The van der Waals surface area contributed by atoms with E-state index in [1.165, 1.54) is 6.07 Å². The molecule has 0 heterocycles. The summed E-state index contributed by atoms with van der Waals surface area (Å²) < 4.78 is 24.4. The van der Waals surface area contributed by atoms with Gasteiger partial charge in [-0.05, 0) is 35.1 Å². The molecule has 4 nitrogen and oxygen atoms in total. The molecule has 1 atom stereocenters. The van der Waals surface area contributed by atoms with Crippen LogP contribution in [-0.4, -0.2) is 39.0 Å². The normalized spacial score (nSPS) is 13.7. The Morgan fingerprint density at radius 1 is 1.44 bits per heavy atom. The quantitative estimate of drug-likeness (QED) is 0.844. The lowest BCUT2D eigenvalue weighted by molar-refractivity contribution is 0.196. The van der Waals surface area contributed by atoms with E-state index in [1.54, 1.807) is 25.2 Å². The minimum atomic E-state index is -3.45. The highest BCUT2D eigenvalue weighted by Gasteiger charge is 2.21. The minimum Gasteiger partial charge on any atom is -0.391 e. The van der Waals surface area contributed by atoms with Crippen LogP contribution in [0, 0.1) is 0 Å². The molecule has 0 aliphatic rings. The first kappa shape index (κ1) is 13.6. The van der Waals surface area contributed by atoms with E-state index in [1.807, 2.05) is 0 Å². The molecular formula is C10H14BrNO3S. The Hall–Kier alpha value is -0.430. The van der Waals surface area contributed by atoms with Crippen molar-refractivity contribution < 1.29 is 13.5 Å². The van der Waals surface area contributed by atoms with Crippen LogP contribution in [-0.2, 0) is 9.84 Å². The summed E-state index contributed by atoms with van der Waals surface area (Å²) in [6.07, 6.45) is -0.901. The molecule has 0 aliphatic carbocycles. The molecule has 0 saturated heterocycles. The molecule has 90 valence electrons. The number of aliphatic hydroxyl groups is 1. The van der Waals surface area contributed by atoms with E-state index in [9.17, 15) is 13.5 Å². The molecule has 2 N–H and O–H groups in total. The number of sulfone groups is 1. The number of nitrogens with one attached hydrogen (secondary N) is 1. The second-order valence-electron chi connectivity index (χ2n) is 3.42. The van der Waals surface area contributed by atoms with Crippen molar-refractivity contribution in [1.29, 1.82) is 0 Å². The molecule has 0 amide bonds. The molecule has 1 rings (SSSR count). The van der Waals surface area contributed by atoms with Crippen molar-refractivity contribution in [2.24, 2.45) is 0 Å². The lowest BCUT2D eigenvalue weighted by atomic mass is 10.4. The van der Waals surface area contributed by atoms with Crippen LogP contribution in [0.25, 0.3) is 0 Å². The third-order valence-electron chi connectivity index (χ3n) is 2.02. The zero-order valence-electron chi connectivity index (χ0n) is 8.85. The summed E-state index contributed by atoms with van der Waals surface area (Å²) in [6, 6.07) is 6.58. The maximum absolute atomic E-state index is 11.9. The Morgan fingerprint density at radius 2 is 2.06 bits per heavy atom. The largest absolute Gasteiger partial charge is 0.391 e. The van der Waals surface area contributed by atoms with Gasteiger partial charge in [0.1, 0.15) is 0 Å². The second kappa shape index (κ2) is 5.77. The first-order chi connectivity index (χ1) is 7.47. The van der Waals surface area contributed by atoms with E-state index in [0.717, 1.165) is 0 Å². The van der Waals surface area contributed by atoms with E-state index in [0.29, 0.717) is 4.47 Å². The Morgan fingerprint density at radius 3 is 2.62 bits per heavy atom. The maximum atomic E-state index is 11.9. The van der Waals surface area contributed by atoms with Crippen LogP contribution in [0.15, 0.2) is 33.6 Å². The van der Waals surface area contributed by atoms with Crippen LogP contribution in [0.1, 0.15) is 0 Å². The van der Waals surface area contributed by atoms with Gasteiger partial charge < -0.3 is 10.4 Å².